The summed E-state index contributed by atoms with van der Waals surface area (Å²) >= 11 is 0. The Kier molecular flexibility index (Phi) is 29.7. The molecule has 14 rings (SSSR count). The highest BCUT2D eigenvalue weighted by Crippen LogP contribution is 2.40. The molecule has 7 aromatic carbocycles. The van der Waals surface area contributed by atoms with E-state index in [9.17, 15) is 19.5 Å². The molecule has 11 aromatic rings. The summed E-state index contributed by atoms with van der Waals surface area (Å²) in [5.41, 5.74) is 10.6. The van der Waals surface area contributed by atoms with Gasteiger partial charge < -0.3 is 73.2 Å². The molecule has 7 N–H and O–H groups in total. The van der Waals surface area contributed by atoms with Crippen LogP contribution in [0.5, 0.6) is 46.0 Å². The van der Waals surface area contributed by atoms with Gasteiger partial charge in [-0.25, -0.2) is 0 Å². The van der Waals surface area contributed by atoms with Crippen molar-refractivity contribution >= 4 is 46.0 Å². The van der Waals surface area contributed by atoms with Crippen molar-refractivity contribution in [3.63, 3.8) is 0 Å². The number of aryl methyl sites for hydroxylation is 1. The topological polar surface area (TPSA) is 294 Å². The zero-order chi connectivity index (χ0) is 77.7. The largest absolute Gasteiger partial charge is 0.497 e. The van der Waals surface area contributed by atoms with Crippen LogP contribution in [0.25, 0.3) is 11.0 Å². The molecule has 4 heterocycles. The number of hydrogen-bond acceptors (Lipinski definition) is 19. The van der Waals surface area contributed by atoms with Crippen LogP contribution in [0.4, 0.5) is 17.3 Å². The summed E-state index contributed by atoms with van der Waals surface area (Å²) in [4.78, 5) is 39.6. The first kappa shape index (κ1) is 80.2. The van der Waals surface area contributed by atoms with Crippen LogP contribution in [0, 0.1) is 0 Å². The highest BCUT2D eigenvalue weighted by molar-refractivity contribution is 6.11. The predicted octanol–water partition coefficient (Wildman–Crippen LogP) is 17.4. The number of H-pyrrole nitrogens is 2. The molecule has 0 spiro atoms. The highest BCUT2D eigenvalue weighted by atomic mass is 16.5. The number of nitrogens with one attached hydrogen (secondary N) is 5. The summed E-state index contributed by atoms with van der Waals surface area (Å²) in [6.45, 7) is 3.71. The van der Waals surface area contributed by atoms with Gasteiger partial charge in [-0.15, -0.1) is 0 Å². The second kappa shape index (κ2) is 41.1. The number of carboxylic acids is 1. The number of ketones is 1. The molecule has 4 aromatic heterocycles. The molecule has 3 aliphatic carbocycles. The molecule has 23 nitrogen and oxygen atoms in total. The Bertz CT molecular complexity index is 4740. The Labute approximate surface area is 647 Å². The fourth-order valence-electron chi connectivity index (χ4n) is 13.8. The van der Waals surface area contributed by atoms with Crippen molar-refractivity contribution in [3.05, 3.63) is 250 Å². The summed E-state index contributed by atoms with van der Waals surface area (Å²) in [5.74, 6) is 6.49. The number of amides is 1. The van der Waals surface area contributed by atoms with Crippen LogP contribution in [-0.2, 0) is 60.1 Å². The lowest BCUT2D eigenvalue weighted by atomic mass is 9.86. The summed E-state index contributed by atoms with van der Waals surface area (Å²) in [6.07, 6.45) is 23.0. The minimum atomic E-state index is -0.969. The van der Waals surface area contributed by atoms with Crippen LogP contribution in [0.3, 0.4) is 0 Å². The van der Waals surface area contributed by atoms with Crippen LogP contribution in [0.15, 0.2) is 193 Å². The minimum absolute atomic E-state index is 0.0442. The second-order valence-electron chi connectivity index (χ2n) is 27.5. The van der Waals surface area contributed by atoms with E-state index in [0.29, 0.717) is 72.0 Å². The molecule has 1 unspecified atom stereocenters. The van der Waals surface area contributed by atoms with E-state index in [4.69, 9.17) is 52.2 Å². The van der Waals surface area contributed by atoms with E-state index in [0.717, 1.165) is 125 Å². The number of aliphatic hydroxyl groups excluding tert-OH is 1. The van der Waals surface area contributed by atoms with Gasteiger partial charge in [0.25, 0.3) is 0 Å². The number of carbonyl (C=O) groups is 3. The van der Waals surface area contributed by atoms with Crippen molar-refractivity contribution in [1.82, 2.24) is 25.4 Å². The Morgan fingerprint density at radius 3 is 1.65 bits per heavy atom. The highest BCUT2D eigenvalue weighted by Gasteiger charge is 2.26. The van der Waals surface area contributed by atoms with Gasteiger partial charge >= 0.3 is 5.97 Å². The minimum Gasteiger partial charge on any atom is -0.497 e. The maximum atomic E-state index is 13.0. The van der Waals surface area contributed by atoms with Crippen LogP contribution in [0.2, 0.25) is 0 Å². The van der Waals surface area contributed by atoms with E-state index < -0.39 is 5.97 Å². The third-order valence-corrected chi connectivity index (χ3v) is 19.6. The third kappa shape index (κ3) is 23.1. The van der Waals surface area contributed by atoms with E-state index in [2.05, 4.69) is 108 Å². The normalized spacial score (nSPS) is 13.6. The summed E-state index contributed by atoms with van der Waals surface area (Å²) < 4.78 is 57.3. The quantitative estimate of drug-likeness (QED) is 0.0193. The molecule has 1 atom stereocenters. The number of aliphatic hydroxyl groups is 1. The molecule has 3 fully saturated rings. The van der Waals surface area contributed by atoms with Crippen molar-refractivity contribution in [1.29, 1.82) is 0 Å². The number of ether oxygens (including phenoxy) is 9. The zero-order valence-corrected chi connectivity index (χ0v) is 63.9. The Balaban J connectivity index is 0.000000149. The van der Waals surface area contributed by atoms with Crippen LogP contribution < -0.4 is 53.8 Å². The maximum absolute atomic E-state index is 13.0. The molecule has 0 bridgehead atoms. The lowest BCUT2D eigenvalue weighted by Gasteiger charge is -2.22. The number of methoxy groups -OCH3 is 5. The number of hydrogen-bond donors (Lipinski definition) is 7. The fourth-order valence-corrected chi connectivity index (χ4v) is 13.8. The number of pyridine rings is 1. The number of rotatable bonds is 32. The number of fused-ring (bicyclic) bond motifs is 1. The number of anilines is 3. The van der Waals surface area contributed by atoms with Gasteiger partial charge in [0.05, 0.1) is 72.4 Å². The van der Waals surface area contributed by atoms with Gasteiger partial charge in [0, 0.05) is 91.2 Å². The number of nitrogens with zero attached hydrogens (tertiary/aromatic N) is 3. The van der Waals surface area contributed by atoms with E-state index in [1.807, 2.05) is 67.0 Å². The smallest absolute Gasteiger partial charge is 0.303 e. The molecule has 23 heteroatoms. The monoisotopic (exact) mass is 1510 g/mol. The molecule has 0 saturated heterocycles. The van der Waals surface area contributed by atoms with Crippen molar-refractivity contribution in [3.8, 4) is 46.0 Å². The molecule has 0 radical (unpaired) electrons. The van der Waals surface area contributed by atoms with Crippen LogP contribution >= 0.6 is 0 Å². The van der Waals surface area contributed by atoms with Gasteiger partial charge in [0.1, 0.15) is 35.3 Å². The molecular formula is C88H100N8O15. The van der Waals surface area contributed by atoms with Gasteiger partial charge in [-0.05, 0) is 208 Å². The Morgan fingerprint density at radius 2 is 1.10 bits per heavy atom. The number of furan rings is 1. The fraction of sp³-hybridized carbons (Fsp3) is 0.341. The first-order valence-electron chi connectivity index (χ1n) is 37.8. The van der Waals surface area contributed by atoms with Gasteiger partial charge in [0.15, 0.2) is 40.3 Å². The number of carbonyl (C=O) groups excluding carboxylic acids is 2. The Hall–Kier alpha value is -11.8. The number of carboxylic acid groups (broad SMARTS) is 1. The molecule has 0 aliphatic heterocycles. The van der Waals surface area contributed by atoms with E-state index in [-0.39, 0.29) is 48.9 Å². The SMILES string of the molecule is COCc1cn[nH]c1NCc1ccc(OC)c(OC2CCCC2)c1.COc1ccc(C(Cc2ccncc2)c2ccc(OCc3ccccc3)cc2)cc1OC1CCCC1.COc1ccc(CNc2[nH]ncc2CO)cc1OC1CCCC1.COc1cccc(C(=O)c2oc3cc(NC(C)=O)ccc3c2CCC(=O)O)c1. The molecule has 111 heavy (non-hydrogen) atoms. The predicted molar refractivity (Wildman–Crippen MR) is 426 cm³/mol. The molecule has 3 aliphatic rings. The van der Waals surface area contributed by atoms with Crippen molar-refractivity contribution in [2.75, 3.05) is 51.5 Å². The maximum Gasteiger partial charge on any atom is 0.303 e. The van der Waals surface area contributed by atoms with Crippen molar-refractivity contribution < 1.29 is 71.6 Å². The molecular weight excluding hydrogens is 1410 g/mol. The number of aromatic nitrogens is 5. The van der Waals surface area contributed by atoms with E-state index in [1.54, 1.807) is 83.3 Å². The lowest BCUT2D eigenvalue weighted by Crippen LogP contribution is -2.12. The van der Waals surface area contributed by atoms with E-state index in [1.165, 1.54) is 69.2 Å². The first-order valence-corrected chi connectivity index (χ1v) is 37.8. The molecule has 3 saturated carbocycles. The number of aromatic amines is 2. The number of benzene rings is 7. The first-order chi connectivity index (χ1) is 54.3. The standard InChI is InChI=1S/C32H33NO3.C21H19NO6.C18H25N3O3.C17H23N3O3/c1-34-31-16-13-27(22-32(31)36-29-9-5-6-10-29)30(21-24-17-19-33-20-18-24)26-11-14-28(15-12-26)35-23-25-7-3-2-4-8-25;1-12(23)22-14-6-7-16-17(8-9-19(24)25)21(28-18(16)11-14)20(26)13-4-3-5-15(10-13)27-2;1-22-12-14-11-20-21-18(14)19-10-13-7-8-16(23-2)17(9-13)24-15-5-3-4-6-15;1-22-15-7-6-12(8-16(15)23-14-4-2-3-5-14)9-18-17-13(11-21)10-19-20-17/h2-4,7-8,11-20,22,29-30H,5-6,9-10,21,23H2,1H3;3-7,10-11H,8-9H2,1-2H3,(H,22,23)(H,24,25);7-9,11,15H,3-6,10,12H2,1-2H3,(H2,19,20,21);6-8,10,14,21H,2-5,9,11H2,1H3,(H2,18,19,20). The van der Waals surface area contributed by atoms with Crippen LogP contribution in [0.1, 0.15) is 163 Å². The second-order valence-corrected chi connectivity index (χ2v) is 27.5. The van der Waals surface area contributed by atoms with E-state index >= 15 is 0 Å². The third-order valence-electron chi connectivity index (χ3n) is 19.6. The molecule has 1 amide bonds. The molecule has 582 valence electrons. The van der Waals surface area contributed by atoms with Gasteiger partial charge in [-0.3, -0.25) is 29.6 Å². The summed E-state index contributed by atoms with van der Waals surface area (Å²) in [5, 5.41) is 42.0. The lowest BCUT2D eigenvalue weighted by molar-refractivity contribution is -0.137. The van der Waals surface area contributed by atoms with Gasteiger partial charge in [0.2, 0.25) is 11.7 Å². The average Bonchev–Trinajstić information content (AvgIpc) is 1.64. The zero-order valence-electron chi connectivity index (χ0n) is 63.9. The summed E-state index contributed by atoms with van der Waals surface area (Å²) in [7, 11) is 8.22. The van der Waals surface area contributed by atoms with Crippen molar-refractivity contribution in [2.24, 2.45) is 0 Å². The Morgan fingerprint density at radius 1 is 0.541 bits per heavy atom. The summed E-state index contributed by atoms with van der Waals surface area (Å²) in [6, 6.07) is 52.9. The van der Waals surface area contributed by atoms with Crippen LogP contribution in [-0.4, -0.2) is 107 Å². The van der Waals surface area contributed by atoms with Crippen molar-refractivity contribution in [2.45, 2.75) is 160 Å². The van der Waals surface area contributed by atoms with Gasteiger partial charge in [-0.1, -0.05) is 72.8 Å². The number of aliphatic carboxylic acids is 1. The average molecular weight is 1510 g/mol. The van der Waals surface area contributed by atoms with Gasteiger partial charge in [-0.2, -0.15) is 10.2 Å².